The highest BCUT2D eigenvalue weighted by Gasteiger charge is 2.26. The van der Waals surface area contributed by atoms with Gasteiger partial charge in [0.25, 0.3) is 0 Å². The second kappa shape index (κ2) is 19.6. The maximum Gasteiger partial charge on any atom is 0.207 e. The highest BCUT2D eigenvalue weighted by molar-refractivity contribution is 5.46. The molecule has 0 bridgehead atoms. The van der Waals surface area contributed by atoms with Crippen LogP contribution < -0.4 is 5.32 Å². The lowest BCUT2D eigenvalue weighted by Crippen LogP contribution is -2.34. The number of carbonyl (C=O) groups is 1. The highest BCUT2D eigenvalue weighted by Crippen LogP contribution is 2.34. The number of nitrogens with one attached hydrogen (secondary N) is 1. The Balaban J connectivity index is -0.000000293. The van der Waals surface area contributed by atoms with Crippen LogP contribution in [-0.4, -0.2) is 22.4 Å². The molecular formula is C20H41N3O. The molecule has 0 spiro atoms. The molecule has 24 heavy (non-hydrogen) atoms. The topological polar surface area (TPSA) is 54.9 Å². The molecular weight excluding hydrogens is 298 g/mol. The van der Waals surface area contributed by atoms with Gasteiger partial charge < -0.3 is 5.32 Å². The normalized spacial score (nSPS) is 14.5. The second-order valence-electron chi connectivity index (χ2n) is 5.57. The van der Waals surface area contributed by atoms with E-state index in [2.05, 4.69) is 29.1 Å². The lowest BCUT2D eigenvalue weighted by atomic mass is 9.76. The van der Waals surface area contributed by atoms with E-state index >= 15 is 0 Å². The van der Waals surface area contributed by atoms with Crippen LogP contribution >= 0.6 is 0 Å². The third kappa shape index (κ3) is 16.9. The first-order valence-electron chi connectivity index (χ1n) is 9.46. The zero-order valence-electron chi connectivity index (χ0n) is 17.5. The summed E-state index contributed by atoms with van der Waals surface area (Å²) in [7, 11) is 0. The summed E-state index contributed by atoms with van der Waals surface area (Å²) in [5.41, 5.74) is 1.51. The summed E-state index contributed by atoms with van der Waals surface area (Å²) in [6.07, 6.45) is 8.84. The van der Waals surface area contributed by atoms with Crippen molar-refractivity contribution in [2.24, 2.45) is 5.41 Å². The predicted molar refractivity (Wildman–Crippen MR) is 106 cm³/mol. The molecule has 2 rings (SSSR count). The van der Waals surface area contributed by atoms with Gasteiger partial charge in [-0.15, -0.1) is 0 Å². The number of aromatic nitrogens is 2. The Kier molecular flexibility index (Phi) is 22.4. The average Bonchev–Trinajstić information content (AvgIpc) is 2.63. The first kappa shape index (κ1) is 27.4. The van der Waals surface area contributed by atoms with E-state index in [1.807, 2.05) is 54.5 Å². The lowest BCUT2D eigenvalue weighted by molar-refractivity contribution is -0.110. The van der Waals surface area contributed by atoms with Crippen molar-refractivity contribution in [3.63, 3.8) is 0 Å². The average molecular weight is 340 g/mol. The largest absolute Gasteiger partial charge is 0.356 e. The number of hydrogen-bond acceptors (Lipinski definition) is 3. The summed E-state index contributed by atoms with van der Waals surface area (Å²) >= 11 is 0. The van der Waals surface area contributed by atoms with Gasteiger partial charge in [0.05, 0.1) is 0 Å². The summed E-state index contributed by atoms with van der Waals surface area (Å²) in [4.78, 5) is 17.7. The number of hydrogen-bond donors (Lipinski definition) is 1. The SMILES string of the molecule is CC.CC.CC.CC1(C)CCC(NC=O)CC1.Cc1ccncn1. The lowest BCUT2D eigenvalue weighted by Gasteiger charge is -2.33. The molecule has 0 aromatic carbocycles. The summed E-state index contributed by atoms with van der Waals surface area (Å²) in [6, 6.07) is 2.31. The van der Waals surface area contributed by atoms with Crippen molar-refractivity contribution in [2.75, 3.05) is 0 Å². The van der Waals surface area contributed by atoms with Crippen LogP contribution in [0.3, 0.4) is 0 Å². The summed E-state index contributed by atoms with van der Waals surface area (Å²) < 4.78 is 0. The first-order valence-corrected chi connectivity index (χ1v) is 9.46. The van der Waals surface area contributed by atoms with Crippen LogP contribution in [-0.2, 0) is 4.79 Å². The van der Waals surface area contributed by atoms with Crippen LogP contribution in [0.1, 0.15) is 86.8 Å². The van der Waals surface area contributed by atoms with Gasteiger partial charge in [-0.25, -0.2) is 9.97 Å². The van der Waals surface area contributed by atoms with Crippen LogP contribution in [0.2, 0.25) is 0 Å². The van der Waals surface area contributed by atoms with E-state index in [0.29, 0.717) is 11.5 Å². The summed E-state index contributed by atoms with van der Waals surface area (Å²) in [5.74, 6) is 0. The summed E-state index contributed by atoms with van der Waals surface area (Å²) in [5, 5.41) is 2.84. The number of amides is 1. The van der Waals surface area contributed by atoms with Crippen molar-refractivity contribution in [2.45, 2.75) is 94.0 Å². The van der Waals surface area contributed by atoms with Crippen molar-refractivity contribution in [1.82, 2.24) is 15.3 Å². The number of rotatable bonds is 2. The summed E-state index contributed by atoms with van der Waals surface area (Å²) in [6.45, 7) is 18.5. The van der Waals surface area contributed by atoms with Crippen LogP contribution in [0.15, 0.2) is 18.6 Å². The van der Waals surface area contributed by atoms with E-state index in [1.165, 1.54) is 19.2 Å². The van der Waals surface area contributed by atoms with E-state index in [1.54, 1.807) is 6.20 Å². The highest BCUT2D eigenvalue weighted by atomic mass is 16.1. The molecule has 0 unspecified atom stereocenters. The molecule has 1 aromatic rings. The van der Waals surface area contributed by atoms with Crippen molar-refractivity contribution >= 4 is 6.41 Å². The molecule has 0 radical (unpaired) electrons. The molecule has 0 atom stereocenters. The van der Waals surface area contributed by atoms with Crippen LogP contribution in [0.5, 0.6) is 0 Å². The molecule has 1 saturated carbocycles. The van der Waals surface area contributed by atoms with E-state index in [0.717, 1.165) is 24.9 Å². The quantitative estimate of drug-likeness (QED) is 0.717. The van der Waals surface area contributed by atoms with Gasteiger partial charge >= 0.3 is 0 Å². The maximum atomic E-state index is 10.1. The third-order valence-electron chi connectivity index (χ3n) is 3.37. The van der Waals surface area contributed by atoms with E-state index in [4.69, 9.17) is 0 Å². The van der Waals surface area contributed by atoms with Gasteiger partial charge in [-0.1, -0.05) is 55.4 Å². The van der Waals surface area contributed by atoms with E-state index in [9.17, 15) is 4.79 Å². The van der Waals surface area contributed by atoms with Gasteiger partial charge in [0.2, 0.25) is 6.41 Å². The van der Waals surface area contributed by atoms with Crippen LogP contribution in [0, 0.1) is 12.3 Å². The van der Waals surface area contributed by atoms with Crippen LogP contribution in [0.25, 0.3) is 0 Å². The Bertz CT molecular complexity index is 343. The van der Waals surface area contributed by atoms with Crippen LogP contribution in [0.4, 0.5) is 0 Å². The Labute approximate surface area is 150 Å². The van der Waals surface area contributed by atoms with E-state index in [-0.39, 0.29) is 0 Å². The van der Waals surface area contributed by atoms with Gasteiger partial charge in [0.15, 0.2) is 0 Å². The van der Waals surface area contributed by atoms with Crippen molar-refractivity contribution in [1.29, 1.82) is 0 Å². The van der Waals surface area contributed by atoms with Crippen molar-refractivity contribution < 1.29 is 4.79 Å². The molecule has 1 N–H and O–H groups in total. The predicted octanol–water partition coefficient (Wildman–Crippen LogP) is 5.56. The molecule has 0 saturated heterocycles. The number of aryl methyl sites for hydroxylation is 1. The molecule has 142 valence electrons. The Morgan fingerprint density at radius 1 is 1.08 bits per heavy atom. The zero-order valence-corrected chi connectivity index (χ0v) is 17.5. The Morgan fingerprint density at radius 2 is 1.58 bits per heavy atom. The van der Waals surface area contributed by atoms with Gasteiger partial charge in [-0.05, 0) is 44.1 Å². The third-order valence-corrected chi connectivity index (χ3v) is 3.37. The molecule has 1 fully saturated rings. The molecule has 1 aliphatic carbocycles. The molecule has 1 amide bonds. The van der Waals surface area contributed by atoms with Gasteiger partial charge in [0.1, 0.15) is 6.33 Å². The molecule has 4 nitrogen and oxygen atoms in total. The Morgan fingerprint density at radius 3 is 1.88 bits per heavy atom. The van der Waals surface area contributed by atoms with E-state index < -0.39 is 0 Å². The van der Waals surface area contributed by atoms with Gasteiger partial charge in [-0.3, -0.25) is 4.79 Å². The molecule has 1 aliphatic rings. The minimum absolute atomic E-state index is 0.445. The second-order valence-corrected chi connectivity index (χ2v) is 5.57. The van der Waals surface area contributed by atoms with Crippen molar-refractivity contribution in [3.8, 4) is 0 Å². The fourth-order valence-electron chi connectivity index (χ4n) is 2.02. The van der Waals surface area contributed by atoms with Gasteiger partial charge in [0, 0.05) is 17.9 Å². The molecule has 1 heterocycles. The first-order chi connectivity index (χ1) is 11.5. The number of nitrogens with zero attached hydrogens (tertiary/aromatic N) is 2. The standard InChI is InChI=1S/C9H17NO.C5H6N2.3C2H6/c1-9(2)5-3-8(4-6-9)10-7-11;1-5-2-3-6-4-7-5;3*1-2/h7-8H,3-6H2,1-2H3,(H,10,11);2-4H,1H3;3*1-2H3. The molecule has 1 aromatic heterocycles. The Hall–Kier alpha value is -1.45. The van der Waals surface area contributed by atoms with Crippen molar-refractivity contribution in [3.05, 3.63) is 24.3 Å². The minimum atomic E-state index is 0.445. The fraction of sp³-hybridized carbons (Fsp3) is 0.750. The fourth-order valence-corrected chi connectivity index (χ4v) is 2.02. The smallest absolute Gasteiger partial charge is 0.207 e. The maximum absolute atomic E-state index is 10.1. The number of carbonyl (C=O) groups excluding carboxylic acids is 1. The minimum Gasteiger partial charge on any atom is -0.356 e. The zero-order chi connectivity index (χ0) is 19.4. The molecule has 4 heteroatoms. The molecule has 0 aliphatic heterocycles. The van der Waals surface area contributed by atoms with Gasteiger partial charge in [-0.2, -0.15) is 0 Å². The monoisotopic (exact) mass is 339 g/mol.